The minimum Gasteiger partial charge on any atom is -0.398 e. The van der Waals surface area contributed by atoms with E-state index in [-0.39, 0.29) is 0 Å². The fourth-order valence-corrected chi connectivity index (χ4v) is 4.61. The van der Waals surface area contributed by atoms with Crippen LogP contribution in [-0.2, 0) is 0 Å². The van der Waals surface area contributed by atoms with Crippen LogP contribution in [0.3, 0.4) is 0 Å². The first-order valence-corrected chi connectivity index (χ1v) is 9.44. The largest absolute Gasteiger partial charge is 0.398 e. The van der Waals surface area contributed by atoms with Gasteiger partial charge in [0.05, 0.1) is 0 Å². The monoisotopic (exact) mass is 413 g/mol. The fourth-order valence-electron chi connectivity index (χ4n) is 2.84. The van der Waals surface area contributed by atoms with Gasteiger partial charge in [-0.15, -0.1) is 0 Å². The first-order chi connectivity index (χ1) is 11.6. The van der Waals surface area contributed by atoms with E-state index in [0.717, 1.165) is 25.5 Å². The van der Waals surface area contributed by atoms with Gasteiger partial charge in [-0.3, -0.25) is 0 Å². The van der Waals surface area contributed by atoms with Crippen molar-refractivity contribution in [2.75, 3.05) is 5.73 Å². The first-order valence-electron chi connectivity index (χ1n) is 7.46. The third kappa shape index (κ3) is 2.88. The Labute approximate surface area is 157 Å². The van der Waals surface area contributed by atoms with E-state index < -0.39 is 0 Å². The van der Waals surface area contributed by atoms with Crippen LogP contribution >= 0.6 is 39.3 Å². The minimum absolute atomic E-state index is 0.747. The van der Waals surface area contributed by atoms with Crippen LogP contribution in [0.5, 0.6) is 0 Å². The van der Waals surface area contributed by atoms with Crippen LogP contribution in [-0.4, -0.2) is 0 Å². The smallest absolute Gasteiger partial charge is 0.0456 e. The summed E-state index contributed by atoms with van der Waals surface area (Å²) in [6, 6.07) is 22.6. The SMILES string of the molecule is Nc1ccc(Br)cc1Sc1cc2ccccc2c2cc(Cl)ccc12. The van der Waals surface area contributed by atoms with Gasteiger partial charge in [-0.2, -0.15) is 0 Å². The van der Waals surface area contributed by atoms with Gasteiger partial charge in [-0.25, -0.2) is 0 Å². The van der Waals surface area contributed by atoms with Gasteiger partial charge in [0.25, 0.3) is 0 Å². The molecule has 0 heterocycles. The van der Waals surface area contributed by atoms with Gasteiger partial charge in [0, 0.05) is 25.0 Å². The highest BCUT2D eigenvalue weighted by Gasteiger charge is 2.10. The molecule has 0 spiro atoms. The van der Waals surface area contributed by atoms with Crippen molar-refractivity contribution >= 4 is 66.5 Å². The number of halogens is 2. The Morgan fingerprint density at radius 2 is 1.62 bits per heavy atom. The summed E-state index contributed by atoms with van der Waals surface area (Å²) in [5, 5.41) is 5.50. The zero-order chi connectivity index (χ0) is 16.7. The lowest BCUT2D eigenvalue weighted by Crippen LogP contribution is -1.89. The summed E-state index contributed by atoms with van der Waals surface area (Å²) in [7, 11) is 0. The van der Waals surface area contributed by atoms with E-state index in [1.807, 2.05) is 24.3 Å². The molecule has 0 aliphatic carbocycles. The maximum absolute atomic E-state index is 6.24. The minimum atomic E-state index is 0.747. The van der Waals surface area contributed by atoms with Crippen molar-refractivity contribution in [3.05, 3.63) is 76.2 Å². The molecule has 24 heavy (non-hydrogen) atoms. The number of fused-ring (bicyclic) bond motifs is 3. The molecule has 0 aromatic heterocycles. The molecule has 4 rings (SSSR count). The maximum atomic E-state index is 6.24. The van der Waals surface area contributed by atoms with Gasteiger partial charge >= 0.3 is 0 Å². The van der Waals surface area contributed by atoms with Crippen LogP contribution in [0.25, 0.3) is 21.5 Å². The molecule has 4 heteroatoms. The number of nitrogens with two attached hydrogens (primary N) is 1. The Bertz CT molecular complexity index is 1080. The van der Waals surface area contributed by atoms with Gasteiger partial charge in [-0.05, 0) is 57.9 Å². The summed E-state index contributed by atoms with van der Waals surface area (Å²) >= 11 is 11.4. The van der Waals surface area contributed by atoms with Gasteiger partial charge in [-0.1, -0.05) is 69.6 Å². The predicted molar refractivity (Wildman–Crippen MR) is 109 cm³/mol. The second kappa shape index (κ2) is 6.32. The number of benzene rings is 4. The lowest BCUT2D eigenvalue weighted by Gasteiger charge is -2.12. The van der Waals surface area contributed by atoms with E-state index in [4.69, 9.17) is 17.3 Å². The zero-order valence-corrected chi connectivity index (χ0v) is 15.8. The van der Waals surface area contributed by atoms with E-state index in [9.17, 15) is 0 Å². The van der Waals surface area contributed by atoms with Crippen LogP contribution in [0, 0.1) is 0 Å². The van der Waals surface area contributed by atoms with Crippen LogP contribution in [0.4, 0.5) is 5.69 Å². The van der Waals surface area contributed by atoms with Crippen molar-refractivity contribution in [1.82, 2.24) is 0 Å². The molecule has 2 N–H and O–H groups in total. The Balaban J connectivity index is 1.98. The molecule has 0 atom stereocenters. The predicted octanol–water partition coefficient (Wildman–Crippen LogP) is 7.14. The molecular formula is C20H13BrClNS. The number of hydrogen-bond donors (Lipinski definition) is 1. The molecule has 118 valence electrons. The molecule has 4 aromatic rings. The number of nitrogen functional groups attached to an aromatic ring is 1. The van der Waals surface area contributed by atoms with Crippen molar-refractivity contribution in [3.8, 4) is 0 Å². The molecule has 0 saturated heterocycles. The first kappa shape index (κ1) is 15.8. The normalized spacial score (nSPS) is 11.2. The summed E-state index contributed by atoms with van der Waals surface area (Å²) < 4.78 is 1.02. The van der Waals surface area contributed by atoms with Gasteiger partial charge in [0.15, 0.2) is 0 Å². The second-order valence-corrected chi connectivity index (χ2v) is 8.01. The van der Waals surface area contributed by atoms with Crippen molar-refractivity contribution in [2.24, 2.45) is 0 Å². The third-order valence-corrected chi connectivity index (χ3v) is 5.84. The fraction of sp³-hybridized carbons (Fsp3) is 0. The standard InChI is InChI=1S/C20H13BrClNS/c21-13-5-8-18(23)20(10-13)24-19-9-12-3-1-2-4-15(12)17-11-14(22)6-7-16(17)19/h1-11H,23H2. The molecule has 4 aromatic carbocycles. The number of rotatable bonds is 2. The molecular weight excluding hydrogens is 402 g/mol. The molecule has 0 bridgehead atoms. The molecule has 0 saturated carbocycles. The summed E-state index contributed by atoms with van der Waals surface area (Å²) in [6.07, 6.45) is 0. The Hall–Kier alpha value is -1.68. The molecule has 0 radical (unpaired) electrons. The van der Waals surface area contributed by atoms with E-state index in [1.54, 1.807) is 11.8 Å². The third-order valence-electron chi connectivity index (χ3n) is 3.98. The van der Waals surface area contributed by atoms with Crippen molar-refractivity contribution in [3.63, 3.8) is 0 Å². The quantitative estimate of drug-likeness (QED) is 0.278. The van der Waals surface area contributed by atoms with Crippen LogP contribution in [0.2, 0.25) is 5.02 Å². The highest BCUT2D eigenvalue weighted by atomic mass is 79.9. The molecule has 0 aliphatic heterocycles. The van der Waals surface area contributed by atoms with E-state index >= 15 is 0 Å². The van der Waals surface area contributed by atoms with Gasteiger partial charge in [0.1, 0.15) is 0 Å². The van der Waals surface area contributed by atoms with Crippen molar-refractivity contribution in [1.29, 1.82) is 0 Å². The van der Waals surface area contributed by atoms with Crippen LogP contribution in [0.15, 0.2) is 81.0 Å². The highest BCUT2D eigenvalue weighted by molar-refractivity contribution is 9.10. The van der Waals surface area contributed by atoms with Crippen LogP contribution in [0.1, 0.15) is 0 Å². The lowest BCUT2D eigenvalue weighted by atomic mass is 10.0. The van der Waals surface area contributed by atoms with E-state index in [2.05, 4.69) is 58.4 Å². The second-order valence-electron chi connectivity index (χ2n) is 5.57. The topological polar surface area (TPSA) is 26.0 Å². The Morgan fingerprint density at radius 1 is 0.792 bits per heavy atom. The molecule has 0 unspecified atom stereocenters. The summed E-state index contributed by atoms with van der Waals surface area (Å²) in [5.74, 6) is 0. The molecule has 0 amide bonds. The highest BCUT2D eigenvalue weighted by Crippen LogP contribution is 2.41. The van der Waals surface area contributed by atoms with Crippen molar-refractivity contribution in [2.45, 2.75) is 9.79 Å². The van der Waals surface area contributed by atoms with Gasteiger partial charge < -0.3 is 5.73 Å². The van der Waals surface area contributed by atoms with Gasteiger partial charge in [0.2, 0.25) is 0 Å². The molecule has 0 aliphatic rings. The van der Waals surface area contributed by atoms with Crippen molar-refractivity contribution < 1.29 is 0 Å². The average molecular weight is 415 g/mol. The Kier molecular flexibility index (Phi) is 4.17. The van der Waals surface area contributed by atoms with E-state index in [0.29, 0.717) is 0 Å². The van der Waals surface area contributed by atoms with E-state index in [1.165, 1.54) is 21.1 Å². The molecule has 1 nitrogen and oxygen atoms in total. The summed E-state index contributed by atoms with van der Waals surface area (Å²) in [4.78, 5) is 2.21. The zero-order valence-electron chi connectivity index (χ0n) is 12.6. The summed E-state index contributed by atoms with van der Waals surface area (Å²) in [5.41, 5.74) is 6.93. The average Bonchev–Trinajstić information content (AvgIpc) is 2.58. The van der Waals surface area contributed by atoms with Crippen LogP contribution < -0.4 is 5.73 Å². The number of anilines is 1. The summed E-state index contributed by atoms with van der Waals surface area (Å²) in [6.45, 7) is 0. The maximum Gasteiger partial charge on any atom is 0.0456 e. The molecule has 0 fully saturated rings. The lowest BCUT2D eigenvalue weighted by molar-refractivity contribution is 1.42. The Morgan fingerprint density at radius 3 is 2.50 bits per heavy atom. The number of hydrogen-bond acceptors (Lipinski definition) is 2.